The number of alkyl halides is 3. The molecule has 0 radical (unpaired) electrons. The second-order valence-electron chi connectivity index (χ2n) is 7.74. The van der Waals surface area contributed by atoms with Crippen LogP contribution in [0.4, 0.5) is 19.0 Å². The third-order valence-corrected chi connectivity index (χ3v) is 5.59. The predicted molar refractivity (Wildman–Crippen MR) is 110 cm³/mol. The maximum Gasteiger partial charge on any atom is 0.419 e. The molecule has 168 valence electrons. The number of Topliss-reactive ketones (excluding diaryl/α,β-unsaturated/α-hetero) is 1. The van der Waals surface area contributed by atoms with Crippen molar-refractivity contribution in [3.63, 3.8) is 0 Å². The van der Waals surface area contributed by atoms with Crippen molar-refractivity contribution in [2.24, 2.45) is 5.92 Å². The number of hydrogen-bond donors (Lipinski definition) is 0. The Kier molecular flexibility index (Phi) is 5.90. The summed E-state index contributed by atoms with van der Waals surface area (Å²) in [6.07, 6.45) is -2.29. The molecule has 1 aromatic carbocycles. The fraction of sp³-hybridized carbons (Fsp3) is 0.348. The van der Waals surface area contributed by atoms with E-state index in [4.69, 9.17) is 9.15 Å². The summed E-state index contributed by atoms with van der Waals surface area (Å²) < 4.78 is 50.8. The molecule has 1 unspecified atom stereocenters. The Balaban J connectivity index is 1.42. The van der Waals surface area contributed by atoms with E-state index in [1.54, 1.807) is 19.1 Å². The van der Waals surface area contributed by atoms with Crippen molar-refractivity contribution in [2.45, 2.75) is 25.9 Å². The van der Waals surface area contributed by atoms with Crippen molar-refractivity contribution in [2.75, 3.05) is 24.6 Å². The van der Waals surface area contributed by atoms with Gasteiger partial charge in [0.15, 0.2) is 12.4 Å². The van der Waals surface area contributed by atoms with E-state index in [0.29, 0.717) is 30.5 Å². The van der Waals surface area contributed by atoms with E-state index < -0.39 is 36.0 Å². The molecule has 0 amide bonds. The number of ketones is 1. The van der Waals surface area contributed by atoms with Crippen molar-refractivity contribution in [3.8, 4) is 0 Å². The Hall–Kier alpha value is -3.36. The van der Waals surface area contributed by atoms with Gasteiger partial charge in [0, 0.05) is 30.2 Å². The molecule has 0 aliphatic carbocycles. The van der Waals surface area contributed by atoms with Crippen LogP contribution in [0, 0.1) is 12.8 Å². The third kappa shape index (κ3) is 4.32. The van der Waals surface area contributed by atoms with Crippen molar-refractivity contribution in [3.05, 3.63) is 59.5 Å². The first kappa shape index (κ1) is 21.9. The second-order valence-corrected chi connectivity index (χ2v) is 7.74. The van der Waals surface area contributed by atoms with Gasteiger partial charge in [-0.25, -0.2) is 4.98 Å². The van der Waals surface area contributed by atoms with Gasteiger partial charge in [-0.15, -0.1) is 0 Å². The van der Waals surface area contributed by atoms with Gasteiger partial charge in [0.2, 0.25) is 5.78 Å². The lowest BCUT2D eigenvalue weighted by atomic mass is 9.97. The summed E-state index contributed by atoms with van der Waals surface area (Å²) in [6.45, 7) is 1.65. The highest BCUT2D eigenvalue weighted by Gasteiger charge is 2.37. The number of ether oxygens (including phenoxy) is 1. The molecule has 0 saturated carbocycles. The molecule has 0 bridgehead atoms. The van der Waals surface area contributed by atoms with Crippen LogP contribution in [0.1, 0.15) is 34.5 Å². The van der Waals surface area contributed by atoms with E-state index in [0.717, 1.165) is 11.5 Å². The van der Waals surface area contributed by atoms with Crippen molar-refractivity contribution < 1.29 is 31.9 Å². The summed E-state index contributed by atoms with van der Waals surface area (Å²) in [4.78, 5) is 30.5. The minimum Gasteiger partial charge on any atom is -0.457 e. The number of anilines is 1. The van der Waals surface area contributed by atoms with Gasteiger partial charge in [0.05, 0.1) is 11.5 Å². The molecular formula is C23H21F3N2O4. The van der Waals surface area contributed by atoms with Gasteiger partial charge in [0.1, 0.15) is 11.4 Å². The summed E-state index contributed by atoms with van der Waals surface area (Å²) in [7, 11) is 0. The van der Waals surface area contributed by atoms with Gasteiger partial charge < -0.3 is 14.1 Å². The Morgan fingerprint density at radius 3 is 2.75 bits per heavy atom. The monoisotopic (exact) mass is 446 g/mol. The highest BCUT2D eigenvalue weighted by molar-refractivity contribution is 6.01. The van der Waals surface area contributed by atoms with Crippen LogP contribution < -0.4 is 4.90 Å². The topological polar surface area (TPSA) is 72.6 Å². The minimum atomic E-state index is -4.55. The number of para-hydroxylation sites is 1. The van der Waals surface area contributed by atoms with Crippen LogP contribution in [0.25, 0.3) is 11.0 Å². The van der Waals surface area contributed by atoms with E-state index >= 15 is 0 Å². The second kappa shape index (κ2) is 8.64. The summed E-state index contributed by atoms with van der Waals surface area (Å²) in [5, 5.41) is 0.806. The van der Waals surface area contributed by atoms with Crippen LogP contribution in [-0.4, -0.2) is 36.4 Å². The first-order chi connectivity index (χ1) is 15.3. The van der Waals surface area contributed by atoms with Crippen LogP contribution >= 0.6 is 0 Å². The molecule has 4 rings (SSSR count). The fourth-order valence-electron chi connectivity index (χ4n) is 3.99. The summed E-state index contributed by atoms with van der Waals surface area (Å²) in [6, 6.07) is 9.40. The highest BCUT2D eigenvalue weighted by Crippen LogP contribution is 2.36. The molecule has 1 saturated heterocycles. The first-order valence-corrected chi connectivity index (χ1v) is 10.2. The molecule has 6 nitrogen and oxygen atoms in total. The quantitative estimate of drug-likeness (QED) is 0.414. The van der Waals surface area contributed by atoms with Crippen LogP contribution in [-0.2, 0) is 15.7 Å². The van der Waals surface area contributed by atoms with Crippen molar-refractivity contribution in [1.29, 1.82) is 0 Å². The van der Waals surface area contributed by atoms with E-state index in [9.17, 15) is 22.8 Å². The van der Waals surface area contributed by atoms with Gasteiger partial charge in [0.25, 0.3) is 0 Å². The number of carbonyl (C=O) groups excluding carboxylic acids is 2. The number of aryl methyl sites for hydroxylation is 1. The molecule has 1 fully saturated rings. The van der Waals surface area contributed by atoms with Gasteiger partial charge in [-0.3, -0.25) is 9.59 Å². The van der Waals surface area contributed by atoms with Crippen molar-refractivity contribution in [1.82, 2.24) is 4.98 Å². The number of nitrogens with zero attached hydrogens (tertiary/aromatic N) is 2. The van der Waals surface area contributed by atoms with E-state index in [2.05, 4.69) is 4.98 Å². The number of carbonyl (C=O) groups is 2. The highest BCUT2D eigenvalue weighted by atomic mass is 19.4. The zero-order valence-corrected chi connectivity index (χ0v) is 17.3. The molecule has 0 N–H and O–H groups in total. The third-order valence-electron chi connectivity index (χ3n) is 5.59. The number of hydrogen-bond acceptors (Lipinski definition) is 6. The number of halogens is 3. The number of esters is 1. The Bertz CT molecular complexity index is 1160. The standard InChI is InChI=1S/C23H21F3N2O4/c1-14-16-7-2-3-9-19(16)32-20(14)18(29)13-31-22(30)15-6-5-11-28(12-15)21-17(23(24,25)26)8-4-10-27-21/h2-4,7-10,15H,5-6,11-13H2,1H3. The van der Waals surface area contributed by atoms with E-state index in [1.165, 1.54) is 17.2 Å². The lowest BCUT2D eigenvalue weighted by molar-refractivity contribution is -0.147. The number of rotatable bonds is 5. The summed E-state index contributed by atoms with van der Waals surface area (Å²) in [5.41, 5.74) is 0.392. The Morgan fingerprint density at radius 1 is 1.22 bits per heavy atom. The number of aromatic nitrogens is 1. The molecule has 1 atom stereocenters. The van der Waals surface area contributed by atoms with Gasteiger partial charge in [-0.1, -0.05) is 18.2 Å². The Labute approximate surface area is 182 Å². The van der Waals surface area contributed by atoms with E-state index in [1.807, 2.05) is 12.1 Å². The lowest BCUT2D eigenvalue weighted by Crippen LogP contribution is -2.41. The minimum absolute atomic E-state index is 0.0385. The number of piperidine rings is 1. The molecule has 1 aliphatic heterocycles. The van der Waals surface area contributed by atoms with Crippen LogP contribution in [0.5, 0.6) is 0 Å². The van der Waals surface area contributed by atoms with Gasteiger partial charge >= 0.3 is 12.1 Å². The maximum atomic E-state index is 13.3. The molecule has 3 heterocycles. The Morgan fingerprint density at radius 2 is 2.00 bits per heavy atom. The average Bonchev–Trinajstić information content (AvgIpc) is 3.13. The smallest absolute Gasteiger partial charge is 0.419 e. The molecule has 0 spiro atoms. The maximum absolute atomic E-state index is 13.3. The van der Waals surface area contributed by atoms with Crippen LogP contribution in [0.3, 0.4) is 0 Å². The summed E-state index contributed by atoms with van der Waals surface area (Å²) in [5.74, 6) is -1.82. The number of furan rings is 1. The molecule has 1 aliphatic rings. The predicted octanol–water partition coefficient (Wildman–Crippen LogP) is 4.80. The normalized spacial score (nSPS) is 16.9. The lowest BCUT2D eigenvalue weighted by Gasteiger charge is -2.33. The molecule has 32 heavy (non-hydrogen) atoms. The average molecular weight is 446 g/mol. The van der Waals surface area contributed by atoms with E-state index in [-0.39, 0.29) is 18.1 Å². The number of pyridine rings is 1. The fourth-order valence-corrected chi connectivity index (χ4v) is 3.99. The largest absolute Gasteiger partial charge is 0.457 e. The zero-order valence-electron chi connectivity index (χ0n) is 17.3. The zero-order chi connectivity index (χ0) is 22.9. The molecule has 3 aromatic rings. The van der Waals surface area contributed by atoms with Crippen molar-refractivity contribution >= 4 is 28.5 Å². The van der Waals surface area contributed by atoms with Gasteiger partial charge in [-0.2, -0.15) is 13.2 Å². The first-order valence-electron chi connectivity index (χ1n) is 10.2. The molecule has 9 heteroatoms. The van der Waals surface area contributed by atoms with Crippen LogP contribution in [0.2, 0.25) is 0 Å². The number of fused-ring (bicyclic) bond motifs is 1. The molecule has 2 aromatic heterocycles. The van der Waals surface area contributed by atoms with Crippen LogP contribution in [0.15, 0.2) is 47.0 Å². The number of benzene rings is 1. The SMILES string of the molecule is Cc1c(C(=O)COC(=O)C2CCCN(c3ncccc3C(F)(F)F)C2)oc2ccccc12. The van der Waals surface area contributed by atoms with Gasteiger partial charge in [-0.05, 0) is 38.0 Å². The molecular weight excluding hydrogens is 425 g/mol. The summed E-state index contributed by atoms with van der Waals surface area (Å²) >= 11 is 0.